The molecule has 1 fully saturated rings. The highest BCUT2D eigenvalue weighted by Gasteiger charge is 2.21. The third-order valence-electron chi connectivity index (χ3n) is 6.42. The fourth-order valence-corrected chi connectivity index (χ4v) is 4.46. The van der Waals surface area contributed by atoms with Crippen LogP contribution in [0, 0.1) is 6.92 Å². The van der Waals surface area contributed by atoms with Gasteiger partial charge in [0.05, 0.1) is 41.0 Å². The Morgan fingerprint density at radius 3 is 2.66 bits per heavy atom. The number of hydrogen-bond donors (Lipinski definition) is 2. The topological polar surface area (TPSA) is 103 Å². The number of pyridine rings is 3. The van der Waals surface area contributed by atoms with Gasteiger partial charge in [0.25, 0.3) is 0 Å². The number of nitrogens with zero attached hydrogens (tertiary/aromatic N) is 6. The number of aromatic amines is 1. The number of carbonyl (C=O) groups excluding carboxylic acids is 1. The number of amides is 1. The van der Waals surface area contributed by atoms with Crippen LogP contribution >= 0.6 is 0 Å². The third kappa shape index (κ3) is 5.06. The third-order valence-corrected chi connectivity index (χ3v) is 6.42. The molecule has 1 amide bonds. The molecule has 5 heterocycles. The van der Waals surface area contributed by atoms with Crippen LogP contribution in [-0.2, 0) is 4.79 Å². The van der Waals surface area contributed by atoms with E-state index in [0.717, 1.165) is 60.0 Å². The first-order valence-corrected chi connectivity index (χ1v) is 12.0. The summed E-state index contributed by atoms with van der Waals surface area (Å²) in [5, 5.41) is 10.3. The van der Waals surface area contributed by atoms with Crippen LogP contribution < -0.4 is 5.32 Å². The Balaban J connectivity index is 1.37. The van der Waals surface area contributed by atoms with Crippen LogP contribution in [-0.4, -0.2) is 79.6 Å². The minimum atomic E-state index is -0.0457. The normalized spacial score (nSPS) is 15.1. The smallest absolute Gasteiger partial charge is 0.238 e. The summed E-state index contributed by atoms with van der Waals surface area (Å²) in [6, 6.07) is 12.0. The number of piperazine rings is 1. The van der Waals surface area contributed by atoms with E-state index in [2.05, 4.69) is 49.1 Å². The molecule has 1 saturated heterocycles. The second kappa shape index (κ2) is 9.89. The number of carbonyl (C=O) groups is 1. The predicted octanol–water partition coefficient (Wildman–Crippen LogP) is 3.35. The van der Waals surface area contributed by atoms with Crippen LogP contribution in [0.4, 0.5) is 5.69 Å². The van der Waals surface area contributed by atoms with Gasteiger partial charge < -0.3 is 5.32 Å². The Labute approximate surface area is 204 Å². The number of hydrogen-bond acceptors (Lipinski definition) is 7. The summed E-state index contributed by atoms with van der Waals surface area (Å²) in [7, 11) is 0. The number of fused-ring (bicyclic) bond motifs is 1. The summed E-state index contributed by atoms with van der Waals surface area (Å²) < 4.78 is 0. The summed E-state index contributed by atoms with van der Waals surface area (Å²) in [4.78, 5) is 31.4. The van der Waals surface area contributed by atoms with E-state index in [-0.39, 0.29) is 5.91 Å². The van der Waals surface area contributed by atoms with Gasteiger partial charge in [-0.05, 0) is 51.1 Å². The molecule has 9 heteroatoms. The largest absolute Gasteiger partial charge is 0.323 e. The lowest BCUT2D eigenvalue weighted by molar-refractivity contribution is -0.117. The standard InChI is InChI=1S/C26H30N8O/c1-17(2)34-13-11-33(12-14-34)16-24(35)30-23-9-10-27-21-8-7-20(31-26(21)23)19-15-28-32-25(19)22-6-4-5-18(3)29-22/h4-10,15,17H,11-14,16H2,1-3H3,(H,28,32)(H,27,30,35). The Kier molecular flexibility index (Phi) is 6.52. The van der Waals surface area contributed by atoms with E-state index in [0.29, 0.717) is 23.8 Å². The fourth-order valence-electron chi connectivity index (χ4n) is 4.46. The van der Waals surface area contributed by atoms with Gasteiger partial charge in [-0.1, -0.05) is 6.07 Å². The fraction of sp³-hybridized carbons (Fsp3) is 0.346. The van der Waals surface area contributed by atoms with E-state index in [1.807, 2.05) is 37.3 Å². The zero-order chi connectivity index (χ0) is 24.4. The van der Waals surface area contributed by atoms with Crippen molar-refractivity contribution >= 4 is 22.6 Å². The molecule has 4 aromatic rings. The molecule has 0 spiro atoms. The van der Waals surface area contributed by atoms with Crippen LogP contribution in [0.2, 0.25) is 0 Å². The number of anilines is 1. The van der Waals surface area contributed by atoms with E-state index in [1.165, 1.54) is 0 Å². The molecule has 1 aliphatic heterocycles. The summed E-state index contributed by atoms with van der Waals surface area (Å²) in [5.74, 6) is -0.0457. The summed E-state index contributed by atoms with van der Waals surface area (Å²) >= 11 is 0. The second-order valence-corrected chi connectivity index (χ2v) is 9.20. The average molecular weight is 471 g/mol. The van der Waals surface area contributed by atoms with Gasteiger partial charge in [-0.2, -0.15) is 5.10 Å². The van der Waals surface area contributed by atoms with Crippen molar-refractivity contribution in [2.45, 2.75) is 26.8 Å². The second-order valence-electron chi connectivity index (χ2n) is 9.20. The van der Waals surface area contributed by atoms with Gasteiger partial charge in [-0.25, -0.2) is 4.98 Å². The molecule has 0 radical (unpaired) electrons. The molecule has 0 atom stereocenters. The number of aryl methyl sites for hydroxylation is 1. The number of nitrogens with one attached hydrogen (secondary N) is 2. The molecule has 0 saturated carbocycles. The lowest BCUT2D eigenvalue weighted by atomic mass is 10.1. The molecular formula is C26H30N8O. The molecule has 0 aromatic carbocycles. The first-order valence-electron chi connectivity index (χ1n) is 12.0. The SMILES string of the molecule is Cc1cccc(-c2[nH]ncc2-c2ccc3nccc(NC(=O)CN4CCN(C(C)C)CC4)c3n2)n1. The molecule has 4 aromatic heterocycles. The van der Waals surface area contributed by atoms with Crippen LogP contribution in [0.5, 0.6) is 0 Å². The molecule has 9 nitrogen and oxygen atoms in total. The van der Waals surface area contributed by atoms with Crippen molar-refractivity contribution in [3.05, 3.63) is 54.5 Å². The summed E-state index contributed by atoms with van der Waals surface area (Å²) in [6.07, 6.45) is 3.44. The van der Waals surface area contributed by atoms with Crippen molar-refractivity contribution in [3.8, 4) is 22.6 Å². The Morgan fingerprint density at radius 2 is 1.89 bits per heavy atom. The highest BCUT2D eigenvalue weighted by atomic mass is 16.2. The van der Waals surface area contributed by atoms with E-state index in [9.17, 15) is 4.79 Å². The highest BCUT2D eigenvalue weighted by Crippen LogP contribution is 2.30. The Bertz CT molecular complexity index is 1340. The lowest BCUT2D eigenvalue weighted by Crippen LogP contribution is -2.50. The molecular weight excluding hydrogens is 440 g/mol. The summed E-state index contributed by atoms with van der Waals surface area (Å²) in [6.45, 7) is 10.5. The van der Waals surface area contributed by atoms with Crippen LogP contribution in [0.15, 0.2) is 48.8 Å². The summed E-state index contributed by atoms with van der Waals surface area (Å²) in [5.41, 5.74) is 6.12. The molecule has 5 rings (SSSR count). The zero-order valence-electron chi connectivity index (χ0n) is 20.3. The Morgan fingerprint density at radius 1 is 1.06 bits per heavy atom. The number of H-pyrrole nitrogens is 1. The Hall–Kier alpha value is -3.69. The monoisotopic (exact) mass is 470 g/mol. The van der Waals surface area contributed by atoms with Gasteiger partial charge >= 0.3 is 0 Å². The lowest BCUT2D eigenvalue weighted by Gasteiger charge is -2.36. The molecule has 1 aliphatic rings. The van der Waals surface area contributed by atoms with Gasteiger partial charge in [-0.3, -0.25) is 29.7 Å². The van der Waals surface area contributed by atoms with Crippen molar-refractivity contribution in [1.82, 2.24) is 34.9 Å². The first kappa shape index (κ1) is 23.1. The van der Waals surface area contributed by atoms with Crippen LogP contribution in [0.3, 0.4) is 0 Å². The minimum absolute atomic E-state index is 0.0457. The van der Waals surface area contributed by atoms with Crippen LogP contribution in [0.1, 0.15) is 19.5 Å². The maximum atomic E-state index is 12.9. The molecule has 180 valence electrons. The van der Waals surface area contributed by atoms with Gasteiger partial charge in [0.15, 0.2) is 0 Å². The predicted molar refractivity (Wildman–Crippen MR) is 137 cm³/mol. The maximum Gasteiger partial charge on any atom is 0.238 e. The number of rotatable bonds is 6. The van der Waals surface area contributed by atoms with Crippen LogP contribution in [0.25, 0.3) is 33.7 Å². The zero-order valence-corrected chi connectivity index (χ0v) is 20.3. The molecule has 35 heavy (non-hydrogen) atoms. The molecule has 0 bridgehead atoms. The van der Waals surface area contributed by atoms with Gasteiger partial charge in [0.1, 0.15) is 5.52 Å². The van der Waals surface area contributed by atoms with Crippen molar-refractivity contribution in [2.24, 2.45) is 0 Å². The molecule has 0 aliphatic carbocycles. The maximum absolute atomic E-state index is 12.9. The first-order chi connectivity index (χ1) is 17.0. The molecule has 2 N–H and O–H groups in total. The number of aromatic nitrogens is 5. The van der Waals surface area contributed by atoms with E-state index < -0.39 is 0 Å². The van der Waals surface area contributed by atoms with Crippen molar-refractivity contribution in [1.29, 1.82) is 0 Å². The van der Waals surface area contributed by atoms with Gasteiger partial charge in [-0.15, -0.1) is 0 Å². The molecule has 0 unspecified atom stereocenters. The quantitative estimate of drug-likeness (QED) is 0.445. The van der Waals surface area contributed by atoms with E-state index >= 15 is 0 Å². The van der Waals surface area contributed by atoms with Crippen molar-refractivity contribution < 1.29 is 4.79 Å². The van der Waals surface area contributed by atoms with Gasteiger partial charge in [0, 0.05) is 49.7 Å². The van der Waals surface area contributed by atoms with Crippen molar-refractivity contribution in [2.75, 3.05) is 38.0 Å². The van der Waals surface area contributed by atoms with E-state index in [1.54, 1.807) is 18.5 Å². The van der Waals surface area contributed by atoms with Crippen molar-refractivity contribution in [3.63, 3.8) is 0 Å². The van der Waals surface area contributed by atoms with E-state index in [4.69, 9.17) is 4.98 Å². The minimum Gasteiger partial charge on any atom is -0.323 e. The average Bonchev–Trinajstić information content (AvgIpc) is 3.34. The van der Waals surface area contributed by atoms with Gasteiger partial charge in [0.2, 0.25) is 5.91 Å². The highest BCUT2D eigenvalue weighted by molar-refractivity contribution is 6.00.